The van der Waals surface area contributed by atoms with Gasteiger partial charge in [0.1, 0.15) is 0 Å². The van der Waals surface area contributed by atoms with Gasteiger partial charge in [0, 0.05) is 12.1 Å². The summed E-state index contributed by atoms with van der Waals surface area (Å²) in [5.41, 5.74) is 0. The van der Waals surface area contributed by atoms with E-state index in [2.05, 4.69) is 19.2 Å². The molecule has 0 amide bonds. The van der Waals surface area contributed by atoms with Crippen molar-refractivity contribution >= 4 is 0 Å². The summed E-state index contributed by atoms with van der Waals surface area (Å²) < 4.78 is 0. The molecule has 2 N–H and O–H groups in total. The van der Waals surface area contributed by atoms with Gasteiger partial charge >= 0.3 is 0 Å². The number of hydrogen-bond acceptors (Lipinski definition) is 2. The van der Waals surface area contributed by atoms with Crippen molar-refractivity contribution in [1.82, 2.24) is 5.32 Å². The van der Waals surface area contributed by atoms with Crippen LogP contribution >= 0.6 is 0 Å². The molecule has 78 valence electrons. The zero-order valence-corrected chi connectivity index (χ0v) is 8.92. The van der Waals surface area contributed by atoms with E-state index < -0.39 is 0 Å². The summed E-state index contributed by atoms with van der Waals surface area (Å²) in [7, 11) is 0. The first-order valence-electron chi connectivity index (χ1n) is 5.63. The molecule has 1 unspecified atom stereocenters. The van der Waals surface area contributed by atoms with Crippen molar-refractivity contribution in [3.8, 4) is 0 Å². The van der Waals surface area contributed by atoms with Gasteiger partial charge in [-0.1, -0.05) is 26.2 Å². The molecule has 0 radical (unpaired) electrons. The standard InChI is InChI=1S/C11H23NO/c1-3-11(8-13)12-9(2)7-10-5-4-6-10/h9-13H,3-8H2,1-2H3/t9?,11-/m1/s1. The molecule has 1 saturated carbocycles. The van der Waals surface area contributed by atoms with E-state index in [1.165, 1.54) is 25.7 Å². The molecular weight excluding hydrogens is 162 g/mol. The summed E-state index contributed by atoms with van der Waals surface area (Å²) in [5.74, 6) is 0.957. The molecule has 1 rings (SSSR count). The molecule has 0 aromatic rings. The van der Waals surface area contributed by atoms with Gasteiger partial charge in [0.2, 0.25) is 0 Å². The zero-order valence-electron chi connectivity index (χ0n) is 8.92. The molecule has 0 bridgehead atoms. The first kappa shape index (κ1) is 11.0. The Hall–Kier alpha value is -0.0800. The highest BCUT2D eigenvalue weighted by molar-refractivity contribution is 4.77. The number of aliphatic hydroxyl groups is 1. The third-order valence-electron chi connectivity index (χ3n) is 3.15. The molecule has 0 heterocycles. The van der Waals surface area contributed by atoms with E-state index in [0.717, 1.165) is 12.3 Å². The predicted octanol–water partition coefficient (Wildman–Crippen LogP) is 1.93. The Labute approximate surface area is 81.7 Å². The van der Waals surface area contributed by atoms with E-state index in [-0.39, 0.29) is 6.61 Å². The molecule has 0 aromatic heterocycles. The zero-order chi connectivity index (χ0) is 9.68. The Morgan fingerprint density at radius 1 is 1.46 bits per heavy atom. The summed E-state index contributed by atoms with van der Waals surface area (Å²) in [6.45, 7) is 4.62. The third kappa shape index (κ3) is 3.65. The second-order valence-electron chi connectivity index (χ2n) is 4.39. The largest absolute Gasteiger partial charge is 0.395 e. The molecule has 1 aliphatic rings. The van der Waals surface area contributed by atoms with Gasteiger partial charge in [0.05, 0.1) is 6.61 Å². The summed E-state index contributed by atoms with van der Waals surface area (Å²) in [6.07, 6.45) is 6.57. The minimum absolute atomic E-state index is 0.269. The Morgan fingerprint density at radius 2 is 2.15 bits per heavy atom. The molecule has 2 heteroatoms. The quantitative estimate of drug-likeness (QED) is 0.662. The summed E-state index contributed by atoms with van der Waals surface area (Å²) in [4.78, 5) is 0. The molecule has 2 nitrogen and oxygen atoms in total. The lowest BCUT2D eigenvalue weighted by molar-refractivity contribution is 0.208. The maximum Gasteiger partial charge on any atom is 0.0584 e. The van der Waals surface area contributed by atoms with Crippen molar-refractivity contribution in [3.05, 3.63) is 0 Å². The van der Waals surface area contributed by atoms with Gasteiger partial charge in [-0.25, -0.2) is 0 Å². The average molecular weight is 185 g/mol. The lowest BCUT2D eigenvalue weighted by Gasteiger charge is -2.30. The van der Waals surface area contributed by atoms with Crippen molar-refractivity contribution in [2.24, 2.45) is 5.92 Å². The van der Waals surface area contributed by atoms with Crippen LogP contribution in [0, 0.1) is 5.92 Å². The fraction of sp³-hybridized carbons (Fsp3) is 1.00. The summed E-state index contributed by atoms with van der Waals surface area (Å²) in [6, 6.07) is 0.873. The lowest BCUT2D eigenvalue weighted by Crippen LogP contribution is -2.40. The van der Waals surface area contributed by atoms with Gasteiger partial charge in [0.15, 0.2) is 0 Å². The second kappa shape index (κ2) is 5.61. The van der Waals surface area contributed by atoms with Crippen molar-refractivity contribution in [3.63, 3.8) is 0 Å². The van der Waals surface area contributed by atoms with Crippen LogP contribution in [0.4, 0.5) is 0 Å². The number of hydrogen-bond donors (Lipinski definition) is 2. The normalized spacial score (nSPS) is 22.4. The molecule has 1 fully saturated rings. The predicted molar refractivity (Wildman–Crippen MR) is 55.7 cm³/mol. The van der Waals surface area contributed by atoms with Crippen LogP contribution in [0.2, 0.25) is 0 Å². The molecule has 13 heavy (non-hydrogen) atoms. The van der Waals surface area contributed by atoms with E-state index in [1.54, 1.807) is 0 Å². The average Bonchev–Trinajstić information content (AvgIpc) is 2.07. The highest BCUT2D eigenvalue weighted by Gasteiger charge is 2.20. The van der Waals surface area contributed by atoms with Gasteiger partial charge in [0.25, 0.3) is 0 Å². The smallest absolute Gasteiger partial charge is 0.0584 e. The lowest BCUT2D eigenvalue weighted by atomic mass is 9.81. The van der Waals surface area contributed by atoms with E-state index in [4.69, 9.17) is 5.11 Å². The fourth-order valence-electron chi connectivity index (χ4n) is 2.00. The van der Waals surface area contributed by atoms with Crippen molar-refractivity contribution in [2.45, 2.75) is 58.0 Å². The summed E-state index contributed by atoms with van der Waals surface area (Å²) in [5, 5.41) is 12.5. The van der Waals surface area contributed by atoms with Crippen molar-refractivity contribution in [1.29, 1.82) is 0 Å². The highest BCUT2D eigenvalue weighted by Crippen LogP contribution is 2.30. The summed E-state index contributed by atoms with van der Waals surface area (Å²) >= 11 is 0. The fourth-order valence-corrected chi connectivity index (χ4v) is 2.00. The molecule has 1 aliphatic carbocycles. The topological polar surface area (TPSA) is 32.3 Å². The molecule has 0 saturated heterocycles. The van der Waals surface area contributed by atoms with Gasteiger partial charge < -0.3 is 10.4 Å². The van der Waals surface area contributed by atoms with Crippen LogP contribution in [0.25, 0.3) is 0 Å². The van der Waals surface area contributed by atoms with Gasteiger partial charge in [-0.3, -0.25) is 0 Å². The Morgan fingerprint density at radius 3 is 2.54 bits per heavy atom. The van der Waals surface area contributed by atoms with Crippen LogP contribution in [0.3, 0.4) is 0 Å². The Kier molecular flexibility index (Phi) is 4.74. The van der Waals surface area contributed by atoms with E-state index in [9.17, 15) is 0 Å². The van der Waals surface area contributed by atoms with Gasteiger partial charge in [-0.2, -0.15) is 0 Å². The molecular formula is C11H23NO. The highest BCUT2D eigenvalue weighted by atomic mass is 16.3. The number of aliphatic hydroxyl groups excluding tert-OH is 1. The Balaban J connectivity index is 2.10. The maximum atomic E-state index is 9.02. The van der Waals surface area contributed by atoms with Gasteiger partial charge in [-0.15, -0.1) is 0 Å². The van der Waals surface area contributed by atoms with E-state index in [0.29, 0.717) is 12.1 Å². The van der Waals surface area contributed by atoms with Crippen LogP contribution in [0.15, 0.2) is 0 Å². The number of nitrogens with one attached hydrogen (secondary N) is 1. The van der Waals surface area contributed by atoms with Crippen LogP contribution < -0.4 is 5.32 Å². The molecule has 2 atom stereocenters. The molecule has 0 spiro atoms. The van der Waals surface area contributed by atoms with Crippen LogP contribution in [-0.4, -0.2) is 23.8 Å². The van der Waals surface area contributed by atoms with Crippen LogP contribution in [0.5, 0.6) is 0 Å². The van der Waals surface area contributed by atoms with Gasteiger partial charge in [-0.05, 0) is 25.7 Å². The van der Waals surface area contributed by atoms with E-state index in [1.807, 2.05) is 0 Å². The van der Waals surface area contributed by atoms with Crippen LogP contribution in [0.1, 0.15) is 46.0 Å². The van der Waals surface area contributed by atoms with Crippen LogP contribution in [-0.2, 0) is 0 Å². The Bertz CT molecular complexity index is 130. The molecule has 0 aromatic carbocycles. The van der Waals surface area contributed by atoms with E-state index >= 15 is 0 Å². The monoisotopic (exact) mass is 185 g/mol. The van der Waals surface area contributed by atoms with Crippen molar-refractivity contribution < 1.29 is 5.11 Å². The second-order valence-corrected chi connectivity index (χ2v) is 4.39. The minimum Gasteiger partial charge on any atom is -0.395 e. The third-order valence-corrected chi connectivity index (χ3v) is 3.15. The molecule has 0 aliphatic heterocycles. The SMILES string of the molecule is CC[C@H](CO)NC(C)CC1CCC1. The minimum atomic E-state index is 0.269. The maximum absolute atomic E-state index is 9.02. The first-order chi connectivity index (χ1) is 6.26. The van der Waals surface area contributed by atoms with Crippen molar-refractivity contribution in [2.75, 3.05) is 6.61 Å². The number of rotatable bonds is 6. The first-order valence-corrected chi connectivity index (χ1v) is 5.63.